The molecule has 1 aliphatic carbocycles. The maximum absolute atomic E-state index is 12.0. The van der Waals surface area contributed by atoms with Gasteiger partial charge in [0.2, 0.25) is 0 Å². The summed E-state index contributed by atoms with van der Waals surface area (Å²) in [5.74, 6) is -0.0508. The SMILES string of the molecule is CCN(CCNC(=O)c1ccc(I)c(Cl)c1)C1CC1. The zero-order valence-electron chi connectivity index (χ0n) is 11.0. The van der Waals surface area contributed by atoms with Crippen molar-refractivity contribution >= 4 is 40.1 Å². The van der Waals surface area contributed by atoms with E-state index in [0.29, 0.717) is 17.1 Å². The molecule has 104 valence electrons. The molecule has 3 nitrogen and oxygen atoms in total. The van der Waals surface area contributed by atoms with Gasteiger partial charge in [-0.05, 0) is 60.2 Å². The maximum atomic E-state index is 12.0. The Morgan fingerprint density at radius 2 is 2.26 bits per heavy atom. The van der Waals surface area contributed by atoms with Gasteiger partial charge in [-0.2, -0.15) is 0 Å². The van der Waals surface area contributed by atoms with E-state index in [4.69, 9.17) is 11.6 Å². The van der Waals surface area contributed by atoms with Crippen LogP contribution >= 0.6 is 34.2 Å². The van der Waals surface area contributed by atoms with Gasteiger partial charge < -0.3 is 5.32 Å². The van der Waals surface area contributed by atoms with E-state index in [1.54, 1.807) is 6.07 Å². The van der Waals surface area contributed by atoms with Gasteiger partial charge in [-0.1, -0.05) is 18.5 Å². The first kappa shape index (κ1) is 15.1. The summed E-state index contributed by atoms with van der Waals surface area (Å²) in [7, 11) is 0. The van der Waals surface area contributed by atoms with E-state index < -0.39 is 0 Å². The number of carbonyl (C=O) groups is 1. The Hall–Kier alpha value is -0.330. The van der Waals surface area contributed by atoms with Crippen LogP contribution < -0.4 is 5.32 Å². The molecule has 0 aromatic heterocycles. The third-order valence-corrected chi connectivity index (χ3v) is 4.91. The Balaban J connectivity index is 1.81. The minimum absolute atomic E-state index is 0.0508. The van der Waals surface area contributed by atoms with E-state index in [1.165, 1.54) is 12.8 Å². The molecule has 1 fully saturated rings. The molecular weight excluding hydrogens is 375 g/mol. The van der Waals surface area contributed by atoms with Crippen LogP contribution in [0.5, 0.6) is 0 Å². The smallest absolute Gasteiger partial charge is 0.251 e. The molecule has 0 bridgehead atoms. The zero-order chi connectivity index (χ0) is 13.8. The van der Waals surface area contributed by atoms with Gasteiger partial charge in [0.15, 0.2) is 0 Å². The standard InChI is InChI=1S/C14H18ClIN2O/c1-2-18(11-4-5-11)8-7-17-14(19)10-3-6-13(16)12(15)9-10/h3,6,9,11H,2,4-5,7-8H2,1H3,(H,17,19). The molecule has 1 N–H and O–H groups in total. The summed E-state index contributed by atoms with van der Waals surface area (Å²) in [5.41, 5.74) is 0.625. The normalized spacial score (nSPS) is 14.7. The Bertz CT molecular complexity index is 463. The van der Waals surface area contributed by atoms with Gasteiger partial charge in [0.1, 0.15) is 0 Å². The van der Waals surface area contributed by atoms with Crippen LogP contribution in [0.4, 0.5) is 0 Å². The van der Waals surface area contributed by atoms with E-state index in [9.17, 15) is 4.79 Å². The lowest BCUT2D eigenvalue weighted by atomic mass is 10.2. The molecule has 19 heavy (non-hydrogen) atoms. The van der Waals surface area contributed by atoms with E-state index in [1.807, 2.05) is 12.1 Å². The Kier molecular flexibility index (Phi) is 5.47. The summed E-state index contributed by atoms with van der Waals surface area (Å²) in [6.07, 6.45) is 2.60. The number of hydrogen-bond donors (Lipinski definition) is 1. The summed E-state index contributed by atoms with van der Waals surface area (Å²) in [6.45, 7) is 4.83. The van der Waals surface area contributed by atoms with Gasteiger partial charge in [0.25, 0.3) is 5.91 Å². The quantitative estimate of drug-likeness (QED) is 0.754. The van der Waals surface area contributed by atoms with Crippen LogP contribution in [0.1, 0.15) is 30.1 Å². The molecule has 1 aromatic rings. The summed E-state index contributed by atoms with van der Waals surface area (Å²) >= 11 is 8.17. The highest BCUT2D eigenvalue weighted by atomic mass is 127. The molecule has 0 heterocycles. The highest BCUT2D eigenvalue weighted by molar-refractivity contribution is 14.1. The van der Waals surface area contributed by atoms with Crippen molar-refractivity contribution in [3.8, 4) is 0 Å². The largest absolute Gasteiger partial charge is 0.351 e. The molecule has 2 rings (SSSR count). The first-order valence-electron chi connectivity index (χ1n) is 6.59. The van der Waals surface area contributed by atoms with Gasteiger partial charge in [-0.3, -0.25) is 9.69 Å². The van der Waals surface area contributed by atoms with Crippen molar-refractivity contribution in [2.24, 2.45) is 0 Å². The monoisotopic (exact) mass is 392 g/mol. The number of likely N-dealkylation sites (N-methyl/N-ethyl adjacent to an activating group) is 1. The molecule has 5 heteroatoms. The molecule has 1 amide bonds. The Labute approximate surface area is 132 Å². The van der Waals surface area contributed by atoms with E-state index in [0.717, 1.165) is 22.7 Å². The highest BCUT2D eigenvalue weighted by Crippen LogP contribution is 2.25. The fourth-order valence-corrected chi connectivity index (χ4v) is 2.61. The first-order chi connectivity index (χ1) is 9.11. The molecular formula is C14H18ClIN2O. The molecule has 0 radical (unpaired) electrons. The number of nitrogens with one attached hydrogen (secondary N) is 1. The molecule has 0 saturated heterocycles. The van der Waals surface area contributed by atoms with Crippen LogP contribution in [0.2, 0.25) is 5.02 Å². The number of amides is 1. The number of benzene rings is 1. The number of hydrogen-bond acceptors (Lipinski definition) is 2. The first-order valence-corrected chi connectivity index (χ1v) is 8.04. The van der Waals surface area contributed by atoms with Crippen LogP contribution in [0.3, 0.4) is 0 Å². The van der Waals surface area contributed by atoms with E-state index in [2.05, 4.69) is 39.7 Å². The lowest BCUT2D eigenvalue weighted by Crippen LogP contribution is -2.36. The lowest BCUT2D eigenvalue weighted by Gasteiger charge is -2.19. The zero-order valence-corrected chi connectivity index (χ0v) is 13.9. The Morgan fingerprint density at radius 3 is 2.84 bits per heavy atom. The maximum Gasteiger partial charge on any atom is 0.251 e. The minimum atomic E-state index is -0.0508. The van der Waals surface area contributed by atoms with Crippen LogP contribution in [-0.2, 0) is 0 Å². The number of rotatable bonds is 6. The Morgan fingerprint density at radius 1 is 1.53 bits per heavy atom. The lowest BCUT2D eigenvalue weighted by molar-refractivity contribution is 0.0948. The van der Waals surface area contributed by atoms with Crippen molar-refractivity contribution in [1.29, 1.82) is 0 Å². The molecule has 1 aromatic carbocycles. The molecule has 1 aliphatic rings. The molecule has 0 atom stereocenters. The minimum Gasteiger partial charge on any atom is -0.351 e. The number of halogens is 2. The van der Waals surface area contributed by atoms with Crippen LogP contribution in [0, 0.1) is 3.57 Å². The van der Waals surface area contributed by atoms with Gasteiger partial charge in [0, 0.05) is 28.3 Å². The topological polar surface area (TPSA) is 32.3 Å². The van der Waals surface area contributed by atoms with Crippen molar-refractivity contribution < 1.29 is 4.79 Å². The number of nitrogens with zero attached hydrogens (tertiary/aromatic N) is 1. The molecule has 1 saturated carbocycles. The van der Waals surface area contributed by atoms with Crippen molar-refractivity contribution in [3.63, 3.8) is 0 Å². The predicted molar refractivity (Wildman–Crippen MR) is 86.8 cm³/mol. The predicted octanol–water partition coefficient (Wildman–Crippen LogP) is 3.16. The van der Waals surface area contributed by atoms with Crippen LogP contribution in [0.25, 0.3) is 0 Å². The second-order valence-corrected chi connectivity index (χ2v) is 6.31. The molecule has 0 aliphatic heterocycles. The second kappa shape index (κ2) is 6.90. The van der Waals surface area contributed by atoms with Gasteiger partial charge in [0.05, 0.1) is 5.02 Å². The average Bonchev–Trinajstić information content (AvgIpc) is 3.22. The summed E-state index contributed by atoms with van der Waals surface area (Å²) in [6, 6.07) is 6.13. The van der Waals surface area contributed by atoms with Gasteiger partial charge in [-0.25, -0.2) is 0 Å². The van der Waals surface area contributed by atoms with Crippen LogP contribution in [0.15, 0.2) is 18.2 Å². The molecule has 0 spiro atoms. The third kappa shape index (κ3) is 4.33. The fraction of sp³-hybridized carbons (Fsp3) is 0.500. The van der Waals surface area contributed by atoms with Gasteiger partial charge in [-0.15, -0.1) is 0 Å². The van der Waals surface area contributed by atoms with Crippen molar-refractivity contribution in [3.05, 3.63) is 32.4 Å². The molecule has 0 unspecified atom stereocenters. The number of carbonyl (C=O) groups excluding carboxylic acids is 1. The van der Waals surface area contributed by atoms with Crippen molar-refractivity contribution in [2.75, 3.05) is 19.6 Å². The van der Waals surface area contributed by atoms with Crippen LogP contribution in [-0.4, -0.2) is 36.5 Å². The van der Waals surface area contributed by atoms with E-state index in [-0.39, 0.29) is 5.91 Å². The van der Waals surface area contributed by atoms with E-state index >= 15 is 0 Å². The second-order valence-electron chi connectivity index (χ2n) is 4.74. The average molecular weight is 393 g/mol. The summed E-state index contributed by atoms with van der Waals surface area (Å²) in [5, 5.41) is 3.58. The fourth-order valence-electron chi connectivity index (χ4n) is 2.09. The summed E-state index contributed by atoms with van der Waals surface area (Å²) < 4.78 is 0.960. The van der Waals surface area contributed by atoms with Crippen molar-refractivity contribution in [1.82, 2.24) is 10.2 Å². The van der Waals surface area contributed by atoms with Crippen molar-refractivity contribution in [2.45, 2.75) is 25.8 Å². The third-order valence-electron chi connectivity index (χ3n) is 3.34. The summed E-state index contributed by atoms with van der Waals surface area (Å²) in [4.78, 5) is 14.4. The van der Waals surface area contributed by atoms with Gasteiger partial charge >= 0.3 is 0 Å². The highest BCUT2D eigenvalue weighted by Gasteiger charge is 2.27.